The number of carbonyl (C=O) groups excluding carboxylic acids is 2. The highest BCUT2D eigenvalue weighted by atomic mass is 16.6. The van der Waals surface area contributed by atoms with Crippen molar-refractivity contribution >= 4 is 23.2 Å². The molecule has 0 bridgehead atoms. The number of ketones is 1. The third-order valence-corrected chi connectivity index (χ3v) is 9.59. The Morgan fingerprint density at radius 2 is 1.77 bits per heavy atom. The highest BCUT2D eigenvalue weighted by Gasteiger charge is 2.67. The van der Waals surface area contributed by atoms with Gasteiger partial charge < -0.3 is 15.0 Å². The number of esters is 1. The molecule has 0 heterocycles. The molecule has 2 fully saturated rings. The number of Topliss-reactive ketones (excluding diaryl/α,β-unsaturated/α-hetero) is 1. The van der Waals surface area contributed by atoms with E-state index in [-0.39, 0.29) is 17.7 Å². The molecule has 0 radical (unpaired) electrons. The average molecular weight is 475 g/mol. The molecule has 0 aromatic heterocycles. The molecule has 0 aliphatic heterocycles. The summed E-state index contributed by atoms with van der Waals surface area (Å²) < 4.78 is 6.02. The van der Waals surface area contributed by atoms with Crippen molar-refractivity contribution in [3.8, 4) is 0 Å². The molecule has 1 aromatic carbocycles. The van der Waals surface area contributed by atoms with Crippen molar-refractivity contribution in [3.63, 3.8) is 0 Å². The van der Waals surface area contributed by atoms with Crippen molar-refractivity contribution < 1.29 is 14.3 Å². The Labute approximate surface area is 209 Å². The number of anilines is 1. The Morgan fingerprint density at radius 3 is 2.40 bits per heavy atom. The SMILES string of the molecule is CC(=O)O[C@]1(C(C)=O)CCC2C3CCC4=CC(=N)CCC4=C3C(c3ccc(N(C)C)cc3)C[C@@]21C. The normalized spacial score (nSPS) is 33.9. The molecule has 4 aliphatic carbocycles. The Kier molecular flexibility index (Phi) is 5.81. The lowest BCUT2D eigenvalue weighted by Crippen LogP contribution is -2.57. The fraction of sp³-hybridized carbons (Fsp3) is 0.567. The third-order valence-electron chi connectivity index (χ3n) is 9.59. The maximum absolute atomic E-state index is 13.2. The van der Waals surface area contributed by atoms with E-state index in [1.54, 1.807) is 6.92 Å². The Morgan fingerprint density at radius 1 is 1.06 bits per heavy atom. The molecule has 5 atom stereocenters. The van der Waals surface area contributed by atoms with Gasteiger partial charge in [-0.3, -0.25) is 9.59 Å². The van der Waals surface area contributed by atoms with Crippen molar-refractivity contribution in [2.75, 3.05) is 19.0 Å². The van der Waals surface area contributed by atoms with Gasteiger partial charge in [0, 0.05) is 43.8 Å². The fourth-order valence-electron chi connectivity index (χ4n) is 8.04. The van der Waals surface area contributed by atoms with E-state index in [2.05, 4.69) is 56.3 Å². The summed E-state index contributed by atoms with van der Waals surface area (Å²) in [6.45, 7) is 5.27. The van der Waals surface area contributed by atoms with Gasteiger partial charge in [-0.1, -0.05) is 24.6 Å². The van der Waals surface area contributed by atoms with Gasteiger partial charge in [-0.05, 0) is 98.6 Å². The quantitative estimate of drug-likeness (QED) is 0.544. The summed E-state index contributed by atoms with van der Waals surface area (Å²) in [7, 11) is 4.10. The highest BCUT2D eigenvalue weighted by Crippen LogP contribution is 2.67. The van der Waals surface area contributed by atoms with E-state index >= 15 is 0 Å². The Hall–Kier alpha value is -2.69. The van der Waals surface area contributed by atoms with Crippen LogP contribution in [0.25, 0.3) is 0 Å². The summed E-state index contributed by atoms with van der Waals surface area (Å²) in [5.41, 5.74) is 6.07. The summed E-state index contributed by atoms with van der Waals surface area (Å²) in [5.74, 6) is 0.489. The van der Waals surface area contributed by atoms with Crippen LogP contribution in [0.1, 0.15) is 77.2 Å². The summed E-state index contributed by atoms with van der Waals surface area (Å²) in [4.78, 5) is 27.6. The first kappa shape index (κ1) is 24.0. The molecular weight excluding hydrogens is 436 g/mol. The zero-order valence-corrected chi connectivity index (χ0v) is 21.7. The van der Waals surface area contributed by atoms with Gasteiger partial charge in [-0.15, -0.1) is 0 Å². The van der Waals surface area contributed by atoms with Crippen LogP contribution in [0.2, 0.25) is 0 Å². The number of carbonyl (C=O) groups is 2. The van der Waals surface area contributed by atoms with Crippen LogP contribution in [0.15, 0.2) is 47.1 Å². The number of hydrogen-bond acceptors (Lipinski definition) is 5. The van der Waals surface area contributed by atoms with Gasteiger partial charge in [0.05, 0.1) is 0 Å². The maximum atomic E-state index is 13.2. The lowest BCUT2D eigenvalue weighted by molar-refractivity contribution is -0.182. The number of nitrogens with zero attached hydrogens (tertiary/aromatic N) is 1. The molecule has 0 amide bonds. The summed E-state index contributed by atoms with van der Waals surface area (Å²) in [6.07, 6.45) is 8.20. The Balaban J connectivity index is 1.68. The smallest absolute Gasteiger partial charge is 0.303 e. The van der Waals surface area contributed by atoms with Crippen molar-refractivity contribution in [2.24, 2.45) is 17.3 Å². The second-order valence-electron chi connectivity index (χ2n) is 11.6. The first-order valence-corrected chi connectivity index (χ1v) is 13.1. The van der Waals surface area contributed by atoms with Crippen molar-refractivity contribution in [1.82, 2.24) is 0 Å². The lowest BCUT2D eigenvalue weighted by atomic mass is 9.50. The zero-order chi connectivity index (χ0) is 25.1. The van der Waals surface area contributed by atoms with Gasteiger partial charge in [-0.25, -0.2) is 0 Å². The topological polar surface area (TPSA) is 70.5 Å². The number of nitrogens with one attached hydrogen (secondary N) is 1. The van der Waals surface area contributed by atoms with Crippen molar-refractivity contribution in [2.45, 2.75) is 77.2 Å². The summed E-state index contributed by atoms with van der Waals surface area (Å²) in [6, 6.07) is 8.85. The second-order valence-corrected chi connectivity index (χ2v) is 11.6. The number of benzene rings is 1. The molecule has 186 valence electrons. The number of allylic oxidation sites excluding steroid dienone is 4. The molecular formula is C30H38N2O3. The number of hydrogen-bond donors (Lipinski definition) is 1. The van der Waals surface area contributed by atoms with Gasteiger partial charge >= 0.3 is 5.97 Å². The average Bonchev–Trinajstić information content (AvgIpc) is 3.10. The monoisotopic (exact) mass is 474 g/mol. The molecule has 35 heavy (non-hydrogen) atoms. The second kappa shape index (κ2) is 8.46. The first-order chi connectivity index (χ1) is 16.6. The molecule has 0 saturated heterocycles. The highest BCUT2D eigenvalue weighted by molar-refractivity contribution is 5.95. The van der Waals surface area contributed by atoms with Gasteiger partial charge in [0.15, 0.2) is 11.4 Å². The Bertz CT molecular complexity index is 1140. The van der Waals surface area contributed by atoms with E-state index in [9.17, 15) is 9.59 Å². The first-order valence-electron chi connectivity index (χ1n) is 13.1. The number of fused-ring (bicyclic) bond motifs is 4. The van der Waals surface area contributed by atoms with Crippen LogP contribution in [0.3, 0.4) is 0 Å². The minimum absolute atomic E-state index is 0.0157. The molecule has 3 unspecified atom stereocenters. The molecule has 5 rings (SSSR count). The minimum atomic E-state index is -1.05. The molecule has 2 saturated carbocycles. The fourth-order valence-corrected chi connectivity index (χ4v) is 8.04. The minimum Gasteiger partial charge on any atom is -0.451 e. The van der Waals surface area contributed by atoms with E-state index in [1.165, 1.54) is 29.2 Å². The van der Waals surface area contributed by atoms with Gasteiger partial charge in [-0.2, -0.15) is 0 Å². The van der Waals surface area contributed by atoms with E-state index in [0.29, 0.717) is 18.3 Å². The molecule has 1 aromatic rings. The van der Waals surface area contributed by atoms with Crippen LogP contribution >= 0.6 is 0 Å². The molecule has 4 aliphatic rings. The van der Waals surface area contributed by atoms with Crippen LogP contribution in [0.5, 0.6) is 0 Å². The van der Waals surface area contributed by atoms with Crippen LogP contribution < -0.4 is 4.90 Å². The van der Waals surface area contributed by atoms with E-state index in [1.807, 2.05) is 0 Å². The van der Waals surface area contributed by atoms with E-state index in [0.717, 1.165) is 49.9 Å². The lowest BCUT2D eigenvalue weighted by Gasteiger charge is -2.55. The van der Waals surface area contributed by atoms with Crippen LogP contribution in [-0.2, 0) is 14.3 Å². The van der Waals surface area contributed by atoms with Gasteiger partial charge in [0.1, 0.15) is 0 Å². The maximum Gasteiger partial charge on any atom is 0.303 e. The predicted molar refractivity (Wildman–Crippen MR) is 139 cm³/mol. The largest absolute Gasteiger partial charge is 0.451 e. The van der Waals surface area contributed by atoms with Crippen LogP contribution in [0, 0.1) is 22.7 Å². The summed E-state index contributed by atoms with van der Waals surface area (Å²) >= 11 is 0. The number of ether oxygens (including phenoxy) is 1. The van der Waals surface area contributed by atoms with Gasteiger partial charge in [0.2, 0.25) is 0 Å². The van der Waals surface area contributed by atoms with Crippen LogP contribution in [0.4, 0.5) is 5.69 Å². The zero-order valence-electron chi connectivity index (χ0n) is 21.7. The van der Waals surface area contributed by atoms with E-state index < -0.39 is 11.0 Å². The molecule has 1 N–H and O–H groups in total. The van der Waals surface area contributed by atoms with Crippen molar-refractivity contribution in [1.29, 1.82) is 5.41 Å². The standard InChI is InChI=1S/C30H38N2O3/c1-18(33)30(35-19(2)34)15-14-27-25-12-8-21-16-22(31)9-13-24(21)28(25)26(17-29(27,30)3)20-6-10-23(11-7-20)32(4)5/h6-7,10-11,16,25-27,31H,8-9,12-15,17H2,1-5H3/t25?,26?,27?,29-,30-/m0/s1. The van der Waals surface area contributed by atoms with Gasteiger partial charge in [0.25, 0.3) is 0 Å². The number of rotatable bonds is 4. The molecule has 5 nitrogen and oxygen atoms in total. The van der Waals surface area contributed by atoms with E-state index in [4.69, 9.17) is 10.1 Å². The third kappa shape index (κ3) is 3.61. The van der Waals surface area contributed by atoms with Crippen LogP contribution in [-0.4, -0.2) is 37.2 Å². The molecule has 5 heteroatoms. The molecule has 0 spiro atoms. The van der Waals surface area contributed by atoms with Crippen molar-refractivity contribution in [3.05, 3.63) is 52.6 Å². The summed E-state index contributed by atoms with van der Waals surface area (Å²) in [5, 5.41) is 8.25. The predicted octanol–water partition coefficient (Wildman–Crippen LogP) is 5.99.